The van der Waals surface area contributed by atoms with Crippen molar-refractivity contribution in [2.24, 2.45) is 0 Å². The van der Waals surface area contributed by atoms with E-state index < -0.39 is 0 Å². The summed E-state index contributed by atoms with van der Waals surface area (Å²) in [4.78, 5) is 31.1. The lowest BCUT2D eigenvalue weighted by Gasteiger charge is -2.18. The van der Waals surface area contributed by atoms with Crippen molar-refractivity contribution in [3.63, 3.8) is 0 Å². The molecule has 0 unspecified atom stereocenters. The van der Waals surface area contributed by atoms with Gasteiger partial charge in [-0.2, -0.15) is 0 Å². The van der Waals surface area contributed by atoms with Gasteiger partial charge in [-0.15, -0.1) is 0 Å². The van der Waals surface area contributed by atoms with Crippen LogP contribution in [0.2, 0.25) is 0 Å². The number of nitrogens with zero attached hydrogens (tertiary/aromatic N) is 3. The lowest BCUT2D eigenvalue weighted by molar-refractivity contribution is 0.0784. The van der Waals surface area contributed by atoms with Crippen LogP contribution in [-0.2, 0) is 6.54 Å². The van der Waals surface area contributed by atoms with Crippen molar-refractivity contribution < 1.29 is 9.59 Å². The second-order valence-electron chi connectivity index (χ2n) is 7.44. The fraction of sp³-hybridized carbons (Fsp3) is 0.261. The second kappa shape index (κ2) is 8.75. The molecule has 1 N–H and O–H groups in total. The zero-order valence-corrected chi connectivity index (χ0v) is 17.9. The van der Waals surface area contributed by atoms with Crippen molar-refractivity contribution in [2.45, 2.75) is 30.6 Å². The minimum Gasteiger partial charge on any atom is -0.349 e. The Bertz CT molecular complexity index is 1060. The van der Waals surface area contributed by atoms with Crippen LogP contribution in [0.25, 0.3) is 5.69 Å². The summed E-state index contributed by atoms with van der Waals surface area (Å²) in [5, 5.41) is 3.86. The molecule has 1 saturated carbocycles. The Morgan fingerprint density at radius 1 is 1.17 bits per heavy atom. The van der Waals surface area contributed by atoms with E-state index in [1.54, 1.807) is 29.9 Å². The van der Waals surface area contributed by atoms with Gasteiger partial charge in [0.05, 0.1) is 0 Å². The second-order valence-corrected chi connectivity index (χ2v) is 8.21. The van der Waals surface area contributed by atoms with Crippen molar-refractivity contribution >= 4 is 23.6 Å². The Kier molecular flexibility index (Phi) is 5.90. The fourth-order valence-corrected chi connectivity index (χ4v) is 3.78. The van der Waals surface area contributed by atoms with Crippen LogP contribution in [0.15, 0.2) is 66.1 Å². The first-order valence-electron chi connectivity index (χ1n) is 9.88. The van der Waals surface area contributed by atoms with Crippen LogP contribution in [0, 0.1) is 0 Å². The summed E-state index contributed by atoms with van der Waals surface area (Å²) in [5.41, 5.74) is 3.15. The Balaban J connectivity index is 1.43. The third kappa shape index (κ3) is 4.57. The number of amides is 2. The first kappa shape index (κ1) is 20.2. The molecular formula is C23H24N4O2S. The fourth-order valence-electron chi connectivity index (χ4n) is 3.25. The van der Waals surface area contributed by atoms with Gasteiger partial charge < -0.3 is 10.2 Å². The Hall–Kier alpha value is -3.06. The van der Waals surface area contributed by atoms with Gasteiger partial charge in [0.15, 0.2) is 5.16 Å². The monoisotopic (exact) mass is 420 g/mol. The molecule has 0 spiro atoms. The number of hydrogen-bond donors (Lipinski definition) is 1. The van der Waals surface area contributed by atoms with Gasteiger partial charge in [0.25, 0.3) is 11.8 Å². The Labute approximate surface area is 180 Å². The Morgan fingerprint density at radius 2 is 1.93 bits per heavy atom. The Morgan fingerprint density at radius 3 is 2.63 bits per heavy atom. The summed E-state index contributed by atoms with van der Waals surface area (Å²) in [6.45, 7) is 0.467. The predicted molar refractivity (Wildman–Crippen MR) is 118 cm³/mol. The van der Waals surface area contributed by atoms with Gasteiger partial charge in [-0.1, -0.05) is 30.0 Å². The van der Waals surface area contributed by atoms with Gasteiger partial charge in [0.2, 0.25) is 0 Å². The molecule has 2 amide bonds. The van der Waals surface area contributed by atoms with Crippen molar-refractivity contribution in [3.8, 4) is 5.69 Å². The summed E-state index contributed by atoms with van der Waals surface area (Å²) in [5.74, 6) is -0.0902. The highest BCUT2D eigenvalue weighted by Gasteiger charge is 2.23. The molecule has 7 heteroatoms. The van der Waals surface area contributed by atoms with E-state index in [9.17, 15) is 9.59 Å². The van der Waals surface area contributed by atoms with E-state index >= 15 is 0 Å². The average Bonchev–Trinajstić information content (AvgIpc) is 3.45. The first-order valence-corrected chi connectivity index (χ1v) is 11.1. The van der Waals surface area contributed by atoms with Crippen LogP contribution in [0.1, 0.15) is 39.1 Å². The third-order valence-electron chi connectivity index (χ3n) is 5.06. The lowest BCUT2D eigenvalue weighted by atomic mass is 10.1. The van der Waals surface area contributed by atoms with Crippen molar-refractivity contribution in [2.75, 3.05) is 13.3 Å². The van der Waals surface area contributed by atoms with E-state index in [0.717, 1.165) is 29.2 Å². The number of carbonyl (C=O) groups excluding carboxylic acids is 2. The molecule has 154 valence electrons. The molecule has 0 radical (unpaired) electrons. The van der Waals surface area contributed by atoms with E-state index in [-0.39, 0.29) is 11.8 Å². The van der Waals surface area contributed by atoms with E-state index in [4.69, 9.17) is 0 Å². The van der Waals surface area contributed by atoms with Gasteiger partial charge >= 0.3 is 0 Å². The zero-order valence-electron chi connectivity index (χ0n) is 17.0. The molecule has 4 rings (SSSR count). The summed E-state index contributed by atoms with van der Waals surface area (Å²) in [7, 11) is 1.78. The minimum absolute atomic E-state index is 0.0330. The van der Waals surface area contributed by atoms with Crippen LogP contribution in [0.4, 0.5) is 0 Å². The largest absolute Gasteiger partial charge is 0.349 e. The van der Waals surface area contributed by atoms with Crippen LogP contribution < -0.4 is 5.32 Å². The number of aromatic nitrogens is 2. The maximum atomic E-state index is 13.0. The normalized spacial score (nSPS) is 13.1. The van der Waals surface area contributed by atoms with Crippen molar-refractivity contribution in [1.82, 2.24) is 19.8 Å². The number of rotatable bonds is 7. The highest BCUT2D eigenvalue weighted by atomic mass is 32.2. The molecule has 0 atom stereocenters. The molecule has 3 aromatic rings. The molecular weight excluding hydrogens is 396 g/mol. The molecule has 30 heavy (non-hydrogen) atoms. The number of thioether (sulfide) groups is 1. The average molecular weight is 421 g/mol. The molecule has 1 fully saturated rings. The quantitative estimate of drug-likeness (QED) is 0.591. The van der Waals surface area contributed by atoms with Gasteiger partial charge in [0, 0.05) is 48.8 Å². The van der Waals surface area contributed by atoms with Crippen molar-refractivity contribution in [3.05, 3.63) is 77.6 Å². The zero-order chi connectivity index (χ0) is 21.1. The number of imidazole rings is 1. The van der Waals surface area contributed by atoms with Gasteiger partial charge in [-0.25, -0.2) is 4.98 Å². The van der Waals surface area contributed by atoms with Crippen LogP contribution >= 0.6 is 11.8 Å². The van der Waals surface area contributed by atoms with E-state index in [2.05, 4.69) is 10.3 Å². The summed E-state index contributed by atoms with van der Waals surface area (Å²) < 4.78 is 1.97. The molecule has 0 aliphatic heterocycles. The highest BCUT2D eigenvalue weighted by Crippen LogP contribution is 2.21. The molecule has 0 saturated heterocycles. The predicted octanol–water partition coefficient (Wildman–Crippen LogP) is 3.76. The molecule has 2 aromatic carbocycles. The van der Waals surface area contributed by atoms with Gasteiger partial charge in [-0.3, -0.25) is 14.2 Å². The maximum Gasteiger partial charge on any atom is 0.253 e. The van der Waals surface area contributed by atoms with Gasteiger partial charge in [0.1, 0.15) is 0 Å². The minimum atomic E-state index is -0.0572. The standard InChI is InChI=1S/C23H24N4O2S/c1-26(15-16-6-8-17(9-7-16)21(28)25-19-10-11-19)22(29)18-4-3-5-20(14-18)27-13-12-24-23(27)30-2/h3-9,12-14,19H,10-11,15H2,1-2H3,(H,25,28). The lowest BCUT2D eigenvalue weighted by Crippen LogP contribution is -2.27. The van der Waals surface area contributed by atoms with Crippen molar-refractivity contribution in [1.29, 1.82) is 0 Å². The van der Waals surface area contributed by atoms with E-state index in [0.29, 0.717) is 23.7 Å². The number of nitrogens with one attached hydrogen (secondary N) is 1. The number of benzene rings is 2. The molecule has 1 aliphatic rings. The highest BCUT2D eigenvalue weighted by molar-refractivity contribution is 7.98. The summed E-state index contributed by atoms with van der Waals surface area (Å²) >= 11 is 1.56. The topological polar surface area (TPSA) is 67.2 Å². The third-order valence-corrected chi connectivity index (χ3v) is 5.72. The molecule has 0 bridgehead atoms. The van der Waals surface area contributed by atoms with Crippen LogP contribution in [-0.4, -0.2) is 45.6 Å². The number of carbonyl (C=O) groups is 2. The SMILES string of the molecule is CSc1nccn1-c1cccc(C(=O)N(C)Cc2ccc(C(=O)NC3CC3)cc2)c1. The molecule has 1 heterocycles. The van der Waals surface area contributed by atoms with Crippen LogP contribution in [0.5, 0.6) is 0 Å². The maximum absolute atomic E-state index is 13.0. The van der Waals surface area contributed by atoms with E-state index in [1.165, 1.54) is 0 Å². The van der Waals surface area contributed by atoms with Crippen LogP contribution in [0.3, 0.4) is 0 Å². The number of hydrogen-bond acceptors (Lipinski definition) is 4. The smallest absolute Gasteiger partial charge is 0.253 e. The molecule has 6 nitrogen and oxygen atoms in total. The molecule has 1 aliphatic carbocycles. The summed E-state index contributed by atoms with van der Waals surface area (Å²) in [6.07, 6.45) is 7.75. The molecule has 1 aromatic heterocycles. The first-order chi connectivity index (χ1) is 14.5. The van der Waals surface area contributed by atoms with E-state index in [1.807, 2.05) is 65.6 Å². The van der Waals surface area contributed by atoms with Gasteiger partial charge in [-0.05, 0) is 55.0 Å². The summed E-state index contributed by atoms with van der Waals surface area (Å²) in [6, 6.07) is 15.3.